The number of para-hydroxylation sites is 1. The van der Waals surface area contributed by atoms with Crippen molar-refractivity contribution in [2.45, 2.75) is 6.17 Å². The summed E-state index contributed by atoms with van der Waals surface area (Å²) < 4.78 is 5.39. The largest absolute Gasteiger partial charge is 0.465 e. The van der Waals surface area contributed by atoms with Gasteiger partial charge in [0.1, 0.15) is 17.4 Å². The van der Waals surface area contributed by atoms with Crippen molar-refractivity contribution in [3.05, 3.63) is 65.1 Å². The minimum atomic E-state index is -0.542. The molecular formula is C15H11N3O2S. The van der Waals surface area contributed by atoms with Crippen molar-refractivity contribution in [2.24, 2.45) is 0 Å². The van der Waals surface area contributed by atoms with E-state index in [-0.39, 0.29) is 5.57 Å². The Kier molecular flexibility index (Phi) is 3.42. The fraction of sp³-hybridized carbons (Fsp3) is 0.0667. The second kappa shape index (κ2) is 5.38. The van der Waals surface area contributed by atoms with Gasteiger partial charge in [-0.3, -0.25) is 4.79 Å². The Morgan fingerprint density at radius 2 is 2.00 bits per heavy atom. The van der Waals surface area contributed by atoms with Crippen molar-refractivity contribution in [3.8, 4) is 6.07 Å². The average molecular weight is 297 g/mol. The number of nitrogens with one attached hydrogen (secondary N) is 1. The summed E-state index contributed by atoms with van der Waals surface area (Å²) in [6.45, 7) is 0. The van der Waals surface area contributed by atoms with Crippen LogP contribution in [0.3, 0.4) is 0 Å². The Bertz CT molecular complexity index is 732. The van der Waals surface area contributed by atoms with Crippen molar-refractivity contribution >= 4 is 24.2 Å². The third-order valence-corrected chi connectivity index (χ3v) is 3.60. The first-order chi connectivity index (χ1) is 10.2. The Balaban J connectivity index is 2.15. The molecule has 104 valence electrons. The van der Waals surface area contributed by atoms with Crippen LogP contribution in [0.5, 0.6) is 0 Å². The highest BCUT2D eigenvalue weighted by Crippen LogP contribution is 2.35. The molecule has 0 radical (unpaired) electrons. The van der Waals surface area contributed by atoms with E-state index in [2.05, 4.69) is 17.9 Å². The monoisotopic (exact) mass is 297 g/mol. The molecule has 2 heterocycles. The summed E-state index contributed by atoms with van der Waals surface area (Å²) in [6.07, 6.45) is 0.992. The lowest BCUT2D eigenvalue weighted by atomic mass is 10.1. The van der Waals surface area contributed by atoms with Crippen LogP contribution in [-0.2, 0) is 4.79 Å². The first-order valence-electron chi connectivity index (χ1n) is 6.24. The van der Waals surface area contributed by atoms with Crippen LogP contribution in [0.4, 0.5) is 5.69 Å². The molecule has 0 saturated heterocycles. The van der Waals surface area contributed by atoms with E-state index >= 15 is 0 Å². The molecule has 1 N–H and O–H groups in total. The zero-order chi connectivity index (χ0) is 14.8. The van der Waals surface area contributed by atoms with Gasteiger partial charge in [0, 0.05) is 5.69 Å². The molecule has 2 aromatic rings. The summed E-state index contributed by atoms with van der Waals surface area (Å²) in [5.74, 6) is 0.104. The number of thiol groups is 1. The zero-order valence-electron chi connectivity index (χ0n) is 10.9. The standard InChI is InChI=1S/C15H11N3O2S/c16-9-11-14(19)17-13(12-7-4-8-20-12)18(15(11)21)10-5-2-1-3-6-10/h1-8,13,21H,(H,17,19)/t13-/m0/s1. The predicted octanol–water partition coefficient (Wildman–Crippen LogP) is 2.58. The van der Waals surface area contributed by atoms with E-state index in [1.165, 1.54) is 6.26 Å². The number of furan rings is 1. The Hall–Kier alpha value is -2.65. The maximum Gasteiger partial charge on any atom is 0.266 e. The fourth-order valence-electron chi connectivity index (χ4n) is 2.21. The Morgan fingerprint density at radius 1 is 1.24 bits per heavy atom. The SMILES string of the molecule is N#CC1=C(S)N(c2ccccc2)[C@@H](c2ccco2)NC1=O. The van der Waals surface area contributed by atoms with Crippen LogP contribution in [0.2, 0.25) is 0 Å². The van der Waals surface area contributed by atoms with Gasteiger partial charge in [0.2, 0.25) is 0 Å². The van der Waals surface area contributed by atoms with Gasteiger partial charge < -0.3 is 14.6 Å². The van der Waals surface area contributed by atoms with Crippen molar-refractivity contribution in [1.82, 2.24) is 5.32 Å². The lowest BCUT2D eigenvalue weighted by molar-refractivity contribution is -0.118. The number of rotatable bonds is 2. The van der Waals surface area contributed by atoms with Crippen molar-refractivity contribution in [2.75, 3.05) is 4.90 Å². The van der Waals surface area contributed by atoms with Gasteiger partial charge in [-0.1, -0.05) is 18.2 Å². The molecule has 1 aromatic heterocycles. The maximum atomic E-state index is 12.0. The first kappa shape index (κ1) is 13.3. The van der Waals surface area contributed by atoms with Gasteiger partial charge in [0.05, 0.1) is 11.3 Å². The number of hydrogen-bond donors (Lipinski definition) is 2. The maximum absolute atomic E-state index is 12.0. The third-order valence-electron chi connectivity index (χ3n) is 3.16. The lowest BCUT2D eigenvalue weighted by Gasteiger charge is -2.36. The van der Waals surface area contributed by atoms with E-state index in [4.69, 9.17) is 9.68 Å². The van der Waals surface area contributed by atoms with Gasteiger partial charge in [0.25, 0.3) is 5.91 Å². The highest BCUT2D eigenvalue weighted by Gasteiger charge is 2.35. The van der Waals surface area contributed by atoms with Crippen LogP contribution >= 0.6 is 12.6 Å². The van der Waals surface area contributed by atoms with Crippen LogP contribution < -0.4 is 10.2 Å². The molecule has 0 unspecified atom stereocenters. The molecule has 6 heteroatoms. The van der Waals surface area contributed by atoms with Crippen molar-refractivity contribution in [1.29, 1.82) is 5.26 Å². The molecule has 0 spiro atoms. The van der Waals surface area contributed by atoms with E-state index in [0.29, 0.717) is 10.8 Å². The lowest BCUT2D eigenvalue weighted by Crippen LogP contribution is -2.45. The molecule has 21 heavy (non-hydrogen) atoms. The summed E-state index contributed by atoms with van der Waals surface area (Å²) in [7, 11) is 0. The van der Waals surface area contributed by atoms with Crippen LogP contribution in [-0.4, -0.2) is 5.91 Å². The Morgan fingerprint density at radius 3 is 2.62 bits per heavy atom. The minimum Gasteiger partial charge on any atom is -0.465 e. The van der Waals surface area contributed by atoms with Crippen LogP contribution in [0, 0.1) is 11.3 Å². The van der Waals surface area contributed by atoms with Crippen molar-refractivity contribution in [3.63, 3.8) is 0 Å². The second-order valence-corrected chi connectivity index (χ2v) is 4.83. The number of carbonyl (C=O) groups excluding carboxylic acids is 1. The summed E-state index contributed by atoms with van der Waals surface area (Å²) in [5.41, 5.74) is 0.779. The number of nitriles is 1. The molecular weight excluding hydrogens is 286 g/mol. The van der Waals surface area contributed by atoms with Gasteiger partial charge in [-0.2, -0.15) is 5.26 Å². The fourth-order valence-corrected chi connectivity index (χ4v) is 2.59. The number of nitrogens with zero attached hydrogens (tertiary/aromatic N) is 2. The van der Waals surface area contributed by atoms with Crippen LogP contribution in [0.15, 0.2) is 63.7 Å². The van der Waals surface area contributed by atoms with Gasteiger partial charge in [-0.25, -0.2) is 0 Å². The molecule has 1 atom stereocenters. The van der Waals surface area contributed by atoms with E-state index in [9.17, 15) is 4.79 Å². The minimum absolute atomic E-state index is 0.0232. The summed E-state index contributed by atoms with van der Waals surface area (Å²) >= 11 is 4.37. The van der Waals surface area contributed by atoms with Crippen LogP contribution in [0.25, 0.3) is 0 Å². The third kappa shape index (κ3) is 2.28. The Labute approximate surface area is 126 Å². The van der Waals surface area contributed by atoms with Gasteiger partial charge in [-0.15, -0.1) is 12.6 Å². The molecule has 1 aromatic carbocycles. The second-order valence-electron chi connectivity index (χ2n) is 4.41. The smallest absolute Gasteiger partial charge is 0.266 e. The number of carbonyl (C=O) groups is 1. The quantitative estimate of drug-likeness (QED) is 0.836. The number of benzene rings is 1. The average Bonchev–Trinajstić information content (AvgIpc) is 3.02. The molecule has 1 aliphatic heterocycles. The van der Waals surface area contributed by atoms with E-state index in [0.717, 1.165) is 5.69 Å². The van der Waals surface area contributed by atoms with E-state index < -0.39 is 12.1 Å². The molecule has 1 amide bonds. The number of hydrogen-bond acceptors (Lipinski definition) is 5. The molecule has 1 aliphatic rings. The molecule has 0 saturated carbocycles. The first-order valence-corrected chi connectivity index (χ1v) is 6.69. The highest BCUT2D eigenvalue weighted by atomic mass is 32.1. The number of amides is 1. The van der Waals surface area contributed by atoms with Gasteiger partial charge >= 0.3 is 0 Å². The molecule has 0 bridgehead atoms. The summed E-state index contributed by atoms with van der Waals surface area (Å²) in [5, 5.41) is 12.2. The topological polar surface area (TPSA) is 69.3 Å². The summed E-state index contributed by atoms with van der Waals surface area (Å²) in [6, 6.07) is 14.8. The van der Waals surface area contributed by atoms with Crippen LogP contribution in [0.1, 0.15) is 11.9 Å². The molecule has 5 nitrogen and oxygen atoms in total. The zero-order valence-corrected chi connectivity index (χ0v) is 11.7. The normalized spacial score (nSPS) is 18.4. The van der Waals surface area contributed by atoms with Gasteiger partial charge in [-0.05, 0) is 24.3 Å². The highest BCUT2D eigenvalue weighted by molar-refractivity contribution is 7.84. The van der Waals surface area contributed by atoms with E-state index in [1.807, 2.05) is 36.4 Å². The predicted molar refractivity (Wildman–Crippen MR) is 80.1 cm³/mol. The molecule has 0 fully saturated rings. The van der Waals surface area contributed by atoms with Gasteiger partial charge in [0.15, 0.2) is 6.17 Å². The summed E-state index contributed by atoms with van der Waals surface area (Å²) in [4.78, 5) is 13.8. The molecule has 3 rings (SSSR count). The van der Waals surface area contributed by atoms with E-state index in [1.54, 1.807) is 17.0 Å². The molecule has 0 aliphatic carbocycles. The number of anilines is 1. The van der Waals surface area contributed by atoms with Crippen molar-refractivity contribution < 1.29 is 9.21 Å².